The van der Waals surface area contributed by atoms with Gasteiger partial charge in [-0.3, -0.25) is 19.6 Å². The second kappa shape index (κ2) is 19.1. The summed E-state index contributed by atoms with van der Waals surface area (Å²) < 4.78 is 1.89. The van der Waals surface area contributed by atoms with Crippen LogP contribution >= 0.6 is 61.2 Å². The van der Waals surface area contributed by atoms with Crippen molar-refractivity contribution in [1.82, 2.24) is 19.9 Å². The number of amides is 2. The number of nitrogens with zero attached hydrogens (tertiary/aromatic N) is 4. The maximum absolute atomic E-state index is 12.5. The molecule has 0 atom stereocenters. The standard InChI is InChI=1S/C22H17BrN4OS.C22H17IN4OS/c2*1-14-7-8-18(25-21(28)15-4-2-6-17(23)10-15)11-19(14)26-22-27-20(13-29-22)16-5-3-9-24-12-16/h2*2-13H,1H3,(H,25,28)(H,26,27). The van der Waals surface area contributed by atoms with Crippen LogP contribution in [0.15, 0.2) is 149 Å². The van der Waals surface area contributed by atoms with Crippen LogP contribution in [-0.2, 0) is 0 Å². The van der Waals surface area contributed by atoms with Gasteiger partial charge in [-0.15, -0.1) is 22.7 Å². The molecule has 0 fully saturated rings. The number of thiazole rings is 2. The topological polar surface area (TPSA) is 134 Å². The third-order valence-corrected chi connectivity index (χ3v) is 11.3. The molecule has 4 aromatic heterocycles. The Hall–Kier alpha value is -5.81. The number of aryl methyl sites for hydroxylation is 2. The number of nitrogens with one attached hydrogen (secondary N) is 4. The Bertz CT molecular complexity index is 2510. The van der Waals surface area contributed by atoms with Gasteiger partial charge in [0.05, 0.1) is 11.4 Å². The highest BCUT2D eigenvalue weighted by Gasteiger charge is 2.12. The molecule has 8 rings (SSSR count). The summed E-state index contributed by atoms with van der Waals surface area (Å²) in [6.45, 7) is 4.03. The van der Waals surface area contributed by atoms with Crippen molar-refractivity contribution in [2.75, 3.05) is 21.3 Å². The third-order valence-electron chi connectivity index (χ3n) is 8.57. The van der Waals surface area contributed by atoms with Crippen LogP contribution in [0.5, 0.6) is 0 Å². The molecule has 0 saturated carbocycles. The molecular formula is C44H34BrIN8O2S2. The van der Waals surface area contributed by atoms with E-state index in [0.29, 0.717) is 16.8 Å². The van der Waals surface area contributed by atoms with E-state index >= 15 is 0 Å². The zero-order chi connectivity index (χ0) is 40.4. The van der Waals surface area contributed by atoms with Crippen LogP contribution in [0.3, 0.4) is 0 Å². The lowest BCUT2D eigenvalue weighted by Crippen LogP contribution is -2.12. The first-order valence-corrected chi connectivity index (χ1v) is 21.4. The van der Waals surface area contributed by atoms with Crippen LogP contribution < -0.4 is 21.3 Å². The van der Waals surface area contributed by atoms with Gasteiger partial charge >= 0.3 is 0 Å². The average molecular weight is 978 g/mol. The quantitative estimate of drug-likeness (QED) is 0.0996. The van der Waals surface area contributed by atoms with Gasteiger partial charge < -0.3 is 21.3 Å². The molecule has 0 saturated heterocycles. The molecule has 0 aliphatic carbocycles. The first-order chi connectivity index (χ1) is 28.2. The molecule has 0 aliphatic heterocycles. The predicted octanol–water partition coefficient (Wildman–Crippen LogP) is 12.4. The first-order valence-electron chi connectivity index (χ1n) is 17.8. The summed E-state index contributed by atoms with van der Waals surface area (Å²) in [5.41, 5.74) is 10.3. The highest BCUT2D eigenvalue weighted by Crippen LogP contribution is 2.31. The molecule has 14 heteroatoms. The van der Waals surface area contributed by atoms with E-state index in [2.05, 4.69) is 79.7 Å². The Morgan fingerprint density at radius 1 is 0.603 bits per heavy atom. The third kappa shape index (κ3) is 10.8. The summed E-state index contributed by atoms with van der Waals surface area (Å²) >= 11 is 8.64. The van der Waals surface area contributed by atoms with Crippen LogP contribution in [0, 0.1) is 17.4 Å². The van der Waals surface area contributed by atoms with Gasteiger partial charge in [-0.05, 0) is 132 Å². The highest BCUT2D eigenvalue weighted by atomic mass is 127. The minimum atomic E-state index is -0.158. The number of carbonyl (C=O) groups excluding carboxylic acids is 2. The van der Waals surface area contributed by atoms with Crippen LogP contribution in [0.4, 0.5) is 33.0 Å². The van der Waals surface area contributed by atoms with Gasteiger partial charge in [0.2, 0.25) is 0 Å². The Labute approximate surface area is 365 Å². The van der Waals surface area contributed by atoms with E-state index < -0.39 is 0 Å². The summed E-state index contributed by atoms with van der Waals surface area (Å²) in [5, 5.41) is 18.2. The average Bonchev–Trinajstić information content (AvgIpc) is 3.91. The maximum atomic E-state index is 12.5. The number of carbonyl (C=O) groups is 2. The van der Waals surface area contributed by atoms with E-state index in [1.807, 2.05) is 116 Å². The predicted molar refractivity (Wildman–Crippen MR) is 249 cm³/mol. The fourth-order valence-electron chi connectivity index (χ4n) is 5.52. The number of hydrogen-bond donors (Lipinski definition) is 4. The number of halogens is 2. The van der Waals surface area contributed by atoms with Crippen molar-refractivity contribution in [1.29, 1.82) is 0 Å². The van der Waals surface area contributed by atoms with Gasteiger partial charge in [-0.1, -0.05) is 40.2 Å². The zero-order valence-corrected chi connectivity index (χ0v) is 36.4. The van der Waals surface area contributed by atoms with Crippen molar-refractivity contribution in [2.24, 2.45) is 0 Å². The molecule has 8 aromatic rings. The minimum absolute atomic E-state index is 0.133. The van der Waals surface area contributed by atoms with E-state index in [4.69, 9.17) is 0 Å². The number of anilines is 6. The maximum Gasteiger partial charge on any atom is 0.255 e. The van der Waals surface area contributed by atoms with Crippen molar-refractivity contribution in [3.63, 3.8) is 0 Å². The first kappa shape index (κ1) is 40.4. The van der Waals surface area contributed by atoms with Gasteiger partial charge in [0.15, 0.2) is 10.3 Å². The molecule has 0 unspecified atom stereocenters. The summed E-state index contributed by atoms with van der Waals surface area (Å²) in [4.78, 5) is 42.6. The molecular weight excluding hydrogens is 943 g/mol. The van der Waals surface area contributed by atoms with Crippen LogP contribution in [0.2, 0.25) is 0 Å². The molecule has 10 nitrogen and oxygen atoms in total. The highest BCUT2D eigenvalue weighted by molar-refractivity contribution is 14.1. The molecule has 4 aromatic carbocycles. The van der Waals surface area contributed by atoms with Crippen molar-refractivity contribution >= 4 is 106 Å². The van der Waals surface area contributed by atoms with Crippen molar-refractivity contribution < 1.29 is 9.59 Å². The second-order valence-electron chi connectivity index (χ2n) is 12.8. The number of aromatic nitrogens is 4. The molecule has 0 radical (unpaired) electrons. The van der Waals surface area contributed by atoms with Crippen molar-refractivity contribution in [3.8, 4) is 22.5 Å². The van der Waals surface area contributed by atoms with E-state index in [9.17, 15) is 9.59 Å². The normalized spacial score (nSPS) is 10.6. The molecule has 0 spiro atoms. The van der Waals surface area contributed by atoms with Crippen molar-refractivity contribution in [3.05, 3.63) is 175 Å². The summed E-state index contributed by atoms with van der Waals surface area (Å²) in [6, 6.07) is 34.1. The molecule has 2 amide bonds. The smallest absolute Gasteiger partial charge is 0.255 e. The van der Waals surface area contributed by atoms with E-state index in [0.717, 1.165) is 69.0 Å². The lowest BCUT2D eigenvalue weighted by molar-refractivity contribution is 0.101. The summed E-state index contributed by atoms with van der Waals surface area (Å²) in [5.74, 6) is -0.291. The Morgan fingerprint density at radius 3 is 1.57 bits per heavy atom. The van der Waals surface area contributed by atoms with E-state index in [1.165, 1.54) is 22.7 Å². The molecule has 4 N–H and O–H groups in total. The van der Waals surface area contributed by atoms with Crippen LogP contribution in [0.25, 0.3) is 22.5 Å². The number of benzene rings is 4. The van der Waals surface area contributed by atoms with Gasteiger partial charge in [0.25, 0.3) is 11.8 Å². The Morgan fingerprint density at radius 2 is 1.10 bits per heavy atom. The van der Waals surface area contributed by atoms with E-state index in [-0.39, 0.29) is 11.8 Å². The summed E-state index contributed by atoms with van der Waals surface area (Å²) in [7, 11) is 0. The minimum Gasteiger partial charge on any atom is -0.331 e. The van der Waals surface area contributed by atoms with Gasteiger partial charge in [0.1, 0.15) is 0 Å². The number of hydrogen-bond acceptors (Lipinski definition) is 10. The zero-order valence-electron chi connectivity index (χ0n) is 31.0. The fourth-order valence-corrected chi connectivity index (χ4v) is 7.93. The summed E-state index contributed by atoms with van der Waals surface area (Å²) in [6.07, 6.45) is 7.08. The molecule has 288 valence electrons. The van der Waals surface area contributed by atoms with Crippen LogP contribution in [-0.4, -0.2) is 31.8 Å². The Balaban J connectivity index is 0.000000177. The van der Waals surface area contributed by atoms with Gasteiger partial charge in [-0.25, -0.2) is 9.97 Å². The molecule has 4 heterocycles. The molecule has 0 aliphatic rings. The van der Waals surface area contributed by atoms with Crippen LogP contribution in [0.1, 0.15) is 31.8 Å². The van der Waals surface area contributed by atoms with Crippen molar-refractivity contribution in [2.45, 2.75) is 13.8 Å². The van der Waals surface area contributed by atoms with Gasteiger partial charge in [0, 0.05) is 88.6 Å². The van der Waals surface area contributed by atoms with E-state index in [1.54, 1.807) is 43.0 Å². The molecule has 58 heavy (non-hydrogen) atoms. The number of rotatable bonds is 10. The largest absolute Gasteiger partial charge is 0.331 e. The fraction of sp³-hybridized carbons (Fsp3) is 0.0455. The van der Waals surface area contributed by atoms with Gasteiger partial charge in [-0.2, -0.15) is 0 Å². The number of pyridine rings is 2. The second-order valence-corrected chi connectivity index (χ2v) is 16.7. The molecule has 0 bridgehead atoms. The monoisotopic (exact) mass is 976 g/mol. The Kier molecular flexibility index (Phi) is 13.3. The SMILES string of the molecule is Cc1ccc(NC(=O)c2cccc(Br)c2)cc1Nc1nc(-c2cccnc2)cs1.Cc1ccc(NC(=O)c2cccc(I)c2)cc1Nc1nc(-c2cccnc2)cs1. The lowest BCUT2D eigenvalue weighted by Gasteiger charge is -2.11. The lowest BCUT2D eigenvalue weighted by atomic mass is 10.1.